The fourth-order valence-corrected chi connectivity index (χ4v) is 1.03. The summed E-state index contributed by atoms with van der Waals surface area (Å²) in [4.78, 5) is 8.01. The van der Waals surface area contributed by atoms with Gasteiger partial charge in [0.2, 0.25) is 0 Å². The van der Waals surface area contributed by atoms with E-state index in [-0.39, 0.29) is 0 Å². The zero-order valence-electron chi connectivity index (χ0n) is 5.41. The normalized spacial score (nSPS) is 13.6. The van der Waals surface area contributed by atoms with Crippen molar-refractivity contribution in [2.75, 3.05) is 5.73 Å². The number of fused-ring (bicyclic) bond motifs is 1. The van der Waals surface area contributed by atoms with Crippen LogP contribution in [0.15, 0.2) is 17.3 Å². The summed E-state index contributed by atoms with van der Waals surface area (Å²) in [6.07, 6.45) is 4.46. The lowest BCUT2D eigenvalue weighted by atomic mass is 10.2. The topological polar surface area (TPSA) is 51.3 Å². The van der Waals surface area contributed by atoms with Gasteiger partial charge in [-0.1, -0.05) is 0 Å². The van der Waals surface area contributed by atoms with Gasteiger partial charge < -0.3 is 5.73 Å². The summed E-state index contributed by atoms with van der Waals surface area (Å²) in [7, 11) is 0. The number of rotatable bonds is 0. The van der Waals surface area contributed by atoms with Gasteiger partial charge in [-0.2, -0.15) is 0 Å². The van der Waals surface area contributed by atoms with Crippen LogP contribution in [0.1, 0.15) is 5.56 Å². The molecule has 2 heterocycles. The number of anilines is 1. The molecule has 0 aromatic carbocycles. The first-order valence-electron chi connectivity index (χ1n) is 3.13. The third-order valence-corrected chi connectivity index (χ3v) is 1.53. The summed E-state index contributed by atoms with van der Waals surface area (Å²) >= 11 is 0. The Balaban J connectivity index is 2.59. The van der Waals surface area contributed by atoms with E-state index >= 15 is 0 Å². The fourth-order valence-electron chi connectivity index (χ4n) is 1.03. The van der Waals surface area contributed by atoms with E-state index < -0.39 is 0 Å². The van der Waals surface area contributed by atoms with E-state index in [4.69, 9.17) is 5.73 Å². The van der Waals surface area contributed by atoms with Gasteiger partial charge in [0.1, 0.15) is 5.82 Å². The second kappa shape index (κ2) is 1.80. The molecule has 0 atom stereocenters. The van der Waals surface area contributed by atoms with Crippen molar-refractivity contribution in [1.29, 1.82) is 0 Å². The zero-order chi connectivity index (χ0) is 6.97. The summed E-state index contributed by atoms with van der Waals surface area (Å²) in [5.74, 6) is 0.573. The fraction of sp³-hybridized carbons (Fsp3) is 0.143. The van der Waals surface area contributed by atoms with E-state index in [1.54, 1.807) is 6.20 Å². The van der Waals surface area contributed by atoms with Gasteiger partial charge in [-0.05, 0) is 11.6 Å². The lowest BCUT2D eigenvalue weighted by Crippen LogP contribution is -1.90. The smallest absolute Gasteiger partial charge is 0.123 e. The zero-order valence-corrected chi connectivity index (χ0v) is 5.41. The lowest BCUT2D eigenvalue weighted by molar-refractivity contribution is 1.28. The molecule has 3 heteroatoms. The molecule has 50 valence electrons. The van der Waals surface area contributed by atoms with E-state index in [1.807, 2.05) is 12.3 Å². The van der Waals surface area contributed by atoms with E-state index in [1.165, 1.54) is 5.56 Å². The van der Waals surface area contributed by atoms with Crippen molar-refractivity contribution in [3.05, 3.63) is 17.8 Å². The number of hydrogen-bond acceptors (Lipinski definition) is 3. The SMILES string of the molecule is Nc1cc2c(cn1)N=CC2. The average Bonchev–Trinajstić information content (AvgIpc) is 2.33. The van der Waals surface area contributed by atoms with Crippen molar-refractivity contribution < 1.29 is 0 Å². The summed E-state index contributed by atoms with van der Waals surface area (Å²) in [6, 6.07) is 1.86. The highest BCUT2D eigenvalue weighted by atomic mass is 14.9. The van der Waals surface area contributed by atoms with Gasteiger partial charge in [0, 0.05) is 12.6 Å². The molecule has 0 amide bonds. The molecule has 1 aromatic heterocycles. The largest absolute Gasteiger partial charge is 0.384 e. The number of nitrogens with zero attached hydrogens (tertiary/aromatic N) is 2. The molecule has 2 rings (SSSR count). The standard InChI is InChI=1S/C7H7N3/c8-7-3-5-1-2-9-6(5)4-10-7/h2-4H,1H2,(H2,8,10). The van der Waals surface area contributed by atoms with Crippen LogP contribution in [-0.2, 0) is 6.42 Å². The van der Waals surface area contributed by atoms with Crippen molar-refractivity contribution in [3.8, 4) is 0 Å². The number of nitrogen functional groups attached to an aromatic ring is 1. The monoisotopic (exact) mass is 133 g/mol. The van der Waals surface area contributed by atoms with Crippen LogP contribution in [0.3, 0.4) is 0 Å². The Labute approximate surface area is 58.6 Å². The second-order valence-corrected chi connectivity index (χ2v) is 2.25. The Hall–Kier alpha value is -1.38. The Morgan fingerprint density at radius 1 is 1.50 bits per heavy atom. The number of nitrogens with two attached hydrogens (primary N) is 1. The first-order valence-corrected chi connectivity index (χ1v) is 3.13. The van der Waals surface area contributed by atoms with Crippen molar-refractivity contribution in [1.82, 2.24) is 4.98 Å². The van der Waals surface area contributed by atoms with Crippen molar-refractivity contribution in [3.63, 3.8) is 0 Å². The minimum absolute atomic E-state index is 0.573. The second-order valence-electron chi connectivity index (χ2n) is 2.25. The van der Waals surface area contributed by atoms with E-state index in [0.29, 0.717) is 5.82 Å². The van der Waals surface area contributed by atoms with Gasteiger partial charge in [0.25, 0.3) is 0 Å². The minimum atomic E-state index is 0.573. The van der Waals surface area contributed by atoms with Crippen LogP contribution in [-0.4, -0.2) is 11.2 Å². The van der Waals surface area contributed by atoms with Crippen molar-refractivity contribution in [2.24, 2.45) is 4.99 Å². The minimum Gasteiger partial charge on any atom is -0.384 e. The van der Waals surface area contributed by atoms with Crippen molar-refractivity contribution >= 4 is 17.7 Å². The predicted octanol–water partition coefficient (Wildman–Crippen LogP) is 0.922. The Morgan fingerprint density at radius 3 is 3.30 bits per heavy atom. The lowest BCUT2D eigenvalue weighted by Gasteiger charge is -1.95. The molecule has 0 aliphatic carbocycles. The van der Waals surface area contributed by atoms with Gasteiger partial charge in [0.05, 0.1) is 11.9 Å². The van der Waals surface area contributed by atoms with E-state index in [0.717, 1.165) is 12.1 Å². The third-order valence-electron chi connectivity index (χ3n) is 1.53. The highest BCUT2D eigenvalue weighted by Gasteiger charge is 2.05. The van der Waals surface area contributed by atoms with Crippen LogP contribution in [0.25, 0.3) is 0 Å². The highest BCUT2D eigenvalue weighted by Crippen LogP contribution is 2.23. The molecule has 1 aliphatic rings. The third kappa shape index (κ3) is 0.673. The van der Waals surface area contributed by atoms with Crippen LogP contribution in [0.4, 0.5) is 11.5 Å². The number of pyridine rings is 1. The predicted molar refractivity (Wildman–Crippen MR) is 40.5 cm³/mol. The molecule has 0 bridgehead atoms. The molecule has 0 spiro atoms. The Kier molecular flexibility index (Phi) is 0.974. The first kappa shape index (κ1) is 5.41. The quantitative estimate of drug-likeness (QED) is 0.572. The molecule has 0 unspecified atom stereocenters. The number of aromatic nitrogens is 1. The Morgan fingerprint density at radius 2 is 2.40 bits per heavy atom. The van der Waals surface area contributed by atoms with Crippen LogP contribution in [0.5, 0.6) is 0 Å². The molecular formula is C7H7N3. The molecule has 10 heavy (non-hydrogen) atoms. The molecule has 1 aliphatic heterocycles. The van der Waals surface area contributed by atoms with Crippen LogP contribution in [0.2, 0.25) is 0 Å². The van der Waals surface area contributed by atoms with Crippen molar-refractivity contribution in [2.45, 2.75) is 6.42 Å². The summed E-state index contributed by atoms with van der Waals surface area (Å²) in [6.45, 7) is 0. The van der Waals surface area contributed by atoms with E-state index in [9.17, 15) is 0 Å². The molecule has 0 saturated heterocycles. The van der Waals surface area contributed by atoms with Crippen LogP contribution in [0, 0.1) is 0 Å². The number of aliphatic imine (C=N–C) groups is 1. The molecule has 3 nitrogen and oxygen atoms in total. The average molecular weight is 133 g/mol. The number of hydrogen-bond donors (Lipinski definition) is 1. The van der Waals surface area contributed by atoms with Crippen LogP contribution >= 0.6 is 0 Å². The summed E-state index contributed by atoms with van der Waals surface area (Å²) in [5.41, 5.74) is 7.59. The van der Waals surface area contributed by atoms with Crippen LogP contribution < -0.4 is 5.73 Å². The molecule has 0 radical (unpaired) electrons. The maximum absolute atomic E-state index is 5.46. The van der Waals surface area contributed by atoms with Gasteiger partial charge in [0.15, 0.2) is 0 Å². The van der Waals surface area contributed by atoms with Gasteiger partial charge in [-0.3, -0.25) is 4.99 Å². The molecule has 2 N–H and O–H groups in total. The molecule has 1 aromatic rings. The molecule has 0 saturated carbocycles. The highest BCUT2D eigenvalue weighted by molar-refractivity contribution is 5.75. The molecular weight excluding hydrogens is 126 g/mol. The Bertz CT molecular complexity index is 291. The molecule has 0 fully saturated rings. The summed E-state index contributed by atoms with van der Waals surface area (Å²) < 4.78 is 0. The van der Waals surface area contributed by atoms with E-state index in [2.05, 4.69) is 9.98 Å². The van der Waals surface area contributed by atoms with Gasteiger partial charge in [-0.25, -0.2) is 4.98 Å². The maximum Gasteiger partial charge on any atom is 0.123 e. The summed E-state index contributed by atoms with van der Waals surface area (Å²) in [5, 5.41) is 0. The maximum atomic E-state index is 5.46. The van der Waals surface area contributed by atoms with Gasteiger partial charge in [-0.15, -0.1) is 0 Å². The first-order chi connectivity index (χ1) is 4.86. The van der Waals surface area contributed by atoms with Gasteiger partial charge >= 0.3 is 0 Å².